The van der Waals surface area contributed by atoms with E-state index in [1.807, 2.05) is 0 Å². The molecule has 12 nitrogen and oxygen atoms in total. The third-order valence-electron chi connectivity index (χ3n) is 1.47. The van der Waals surface area contributed by atoms with Crippen molar-refractivity contribution in [3.63, 3.8) is 0 Å². The predicted octanol–water partition coefficient (Wildman–Crippen LogP) is -1.18. The number of aliphatic carboxylic acids is 6. The second-order valence-electron chi connectivity index (χ2n) is 3.58. The van der Waals surface area contributed by atoms with E-state index in [0.29, 0.717) is 12.2 Å². The number of hydrogen-bond donors (Lipinski definition) is 6. The fraction of sp³-hybridized carbons (Fsp3) is 0.333. The van der Waals surface area contributed by atoms with Gasteiger partial charge in [-0.3, -0.25) is 19.2 Å². The van der Waals surface area contributed by atoms with Gasteiger partial charge >= 0.3 is 35.8 Å². The van der Waals surface area contributed by atoms with Crippen LogP contribution in [0.1, 0.15) is 25.7 Å². The molecule has 0 amide bonds. The molecule has 0 aliphatic heterocycles. The molecule has 0 spiro atoms. The Morgan fingerprint density at radius 2 is 0.615 bits per heavy atom. The first kappa shape index (κ1) is 35.6. The fourth-order valence-corrected chi connectivity index (χ4v) is 0.570. The summed E-state index contributed by atoms with van der Waals surface area (Å²) in [4.78, 5) is 57.7. The minimum atomic E-state index is -1.26. The van der Waals surface area contributed by atoms with Crippen LogP contribution in [0.25, 0.3) is 0 Å². The van der Waals surface area contributed by atoms with E-state index in [1.54, 1.807) is 0 Å². The molecule has 2 radical (unpaired) electrons. The summed E-state index contributed by atoms with van der Waals surface area (Å²) in [5.41, 5.74) is 0. The Bertz CT molecular complexity index is 428. The average molecular weight is 398 g/mol. The molecule has 0 aromatic rings. The van der Waals surface area contributed by atoms with Crippen LogP contribution in [0.3, 0.4) is 0 Å². The van der Waals surface area contributed by atoms with E-state index < -0.39 is 35.8 Å². The number of carboxylic acid groups (broad SMARTS) is 6. The first-order valence-corrected chi connectivity index (χ1v) is 5.89. The Labute approximate surface area is 191 Å². The molecule has 0 saturated carbocycles. The van der Waals surface area contributed by atoms with Gasteiger partial charge in [-0.1, -0.05) is 0 Å². The molecule has 138 valence electrons. The third kappa shape index (κ3) is 57.0. The van der Waals surface area contributed by atoms with Crippen molar-refractivity contribution in [2.45, 2.75) is 25.7 Å². The molecule has 0 aliphatic rings. The summed E-state index contributed by atoms with van der Waals surface area (Å²) < 4.78 is 0. The van der Waals surface area contributed by atoms with Gasteiger partial charge in [-0.2, -0.15) is 0 Å². The van der Waals surface area contributed by atoms with Gasteiger partial charge in [0.05, 0.1) is 25.7 Å². The summed E-state index contributed by atoms with van der Waals surface area (Å²) in [5.74, 6) is -6.82. The predicted molar refractivity (Wildman–Crippen MR) is 84.9 cm³/mol. The van der Waals surface area contributed by atoms with Gasteiger partial charge in [0.1, 0.15) is 0 Å². The number of rotatable bonds is 8. The van der Waals surface area contributed by atoms with Crippen molar-refractivity contribution in [1.29, 1.82) is 0 Å². The molecule has 6 N–H and O–H groups in total. The van der Waals surface area contributed by atoms with Gasteiger partial charge in [-0.25, -0.2) is 9.59 Å². The van der Waals surface area contributed by atoms with Gasteiger partial charge in [0.15, 0.2) is 0 Å². The van der Waals surface area contributed by atoms with Crippen LogP contribution in [0.4, 0.5) is 0 Å². The zero-order chi connectivity index (χ0) is 19.7. The van der Waals surface area contributed by atoms with E-state index in [2.05, 4.69) is 0 Å². The fourth-order valence-electron chi connectivity index (χ4n) is 0.570. The van der Waals surface area contributed by atoms with Crippen molar-refractivity contribution >= 4 is 94.9 Å². The standard InChI is InChI=1S/2C4H6O4.C4H4O4.2Na/c3*5-3(6)1-2-4(7)8;;/h2*1-2H2,(H,5,6)(H,7,8);1-2H,(H,5,6)(H,7,8);;/b;;2-1+;;. The summed E-state index contributed by atoms with van der Waals surface area (Å²) in [6, 6.07) is 0. The molecule has 0 rings (SSSR count). The summed E-state index contributed by atoms with van der Waals surface area (Å²) in [6.45, 7) is 0. The number of carboxylic acids is 6. The van der Waals surface area contributed by atoms with E-state index in [-0.39, 0.29) is 84.8 Å². The summed E-state index contributed by atoms with van der Waals surface area (Å²) in [7, 11) is 0. The molecule has 0 atom stereocenters. The third-order valence-corrected chi connectivity index (χ3v) is 1.47. The quantitative estimate of drug-likeness (QED) is 0.210. The van der Waals surface area contributed by atoms with Crippen LogP contribution < -0.4 is 0 Å². The Hall–Kier alpha value is -1.44. The van der Waals surface area contributed by atoms with E-state index in [4.69, 9.17) is 30.6 Å². The van der Waals surface area contributed by atoms with Crippen LogP contribution in [0.5, 0.6) is 0 Å². The second kappa shape index (κ2) is 23.6. The van der Waals surface area contributed by atoms with Gasteiger partial charge in [-0.15, -0.1) is 0 Å². The zero-order valence-electron chi connectivity index (χ0n) is 14.1. The average Bonchev–Trinajstić information content (AvgIpc) is 2.42. The summed E-state index contributed by atoms with van der Waals surface area (Å²) in [6.07, 6.45) is -0.0694. The molecule has 26 heavy (non-hydrogen) atoms. The van der Waals surface area contributed by atoms with Crippen molar-refractivity contribution in [1.82, 2.24) is 0 Å². The maximum Gasteiger partial charge on any atom is 0.328 e. The Morgan fingerprint density at radius 3 is 0.692 bits per heavy atom. The molecule has 0 unspecified atom stereocenters. The van der Waals surface area contributed by atoms with Gasteiger partial charge in [0.25, 0.3) is 0 Å². The number of carbonyl (C=O) groups is 6. The Morgan fingerprint density at radius 1 is 0.462 bits per heavy atom. The van der Waals surface area contributed by atoms with Gasteiger partial charge < -0.3 is 30.6 Å². The van der Waals surface area contributed by atoms with E-state index in [1.165, 1.54) is 0 Å². The maximum atomic E-state index is 9.64. The van der Waals surface area contributed by atoms with Crippen molar-refractivity contribution in [2.24, 2.45) is 0 Å². The molecule has 14 heteroatoms. The normalized spacial score (nSPS) is 8.15. The largest absolute Gasteiger partial charge is 0.481 e. The van der Waals surface area contributed by atoms with Crippen LogP contribution in [-0.4, -0.2) is 126 Å². The Balaban J connectivity index is -0.0000000817. The topological polar surface area (TPSA) is 224 Å². The van der Waals surface area contributed by atoms with Gasteiger partial charge in [0.2, 0.25) is 0 Å². The molecule has 0 aromatic heterocycles. The molecule has 0 heterocycles. The molecule has 0 aromatic carbocycles. The van der Waals surface area contributed by atoms with Gasteiger partial charge in [0, 0.05) is 71.3 Å². The van der Waals surface area contributed by atoms with Crippen molar-refractivity contribution in [3.05, 3.63) is 12.2 Å². The summed E-state index contributed by atoms with van der Waals surface area (Å²) >= 11 is 0. The maximum absolute atomic E-state index is 9.64. The first-order chi connectivity index (χ1) is 10.9. The van der Waals surface area contributed by atoms with Crippen molar-refractivity contribution in [2.75, 3.05) is 0 Å². The molecular formula is C12H16Na2O12. The zero-order valence-corrected chi connectivity index (χ0v) is 18.1. The monoisotopic (exact) mass is 398 g/mol. The van der Waals surface area contributed by atoms with E-state index in [0.717, 1.165) is 0 Å². The van der Waals surface area contributed by atoms with Crippen LogP contribution in [0.2, 0.25) is 0 Å². The molecule has 0 saturated heterocycles. The minimum absolute atomic E-state index is 0. The smallest absolute Gasteiger partial charge is 0.328 e. The van der Waals surface area contributed by atoms with Crippen LogP contribution in [0.15, 0.2) is 12.2 Å². The minimum Gasteiger partial charge on any atom is -0.481 e. The second-order valence-corrected chi connectivity index (χ2v) is 3.58. The van der Waals surface area contributed by atoms with E-state index >= 15 is 0 Å². The SMILES string of the molecule is O=C(O)/C=C/C(=O)O.O=C(O)CCC(=O)O.O=C(O)CCC(=O)O.[Na].[Na]. The van der Waals surface area contributed by atoms with E-state index in [9.17, 15) is 28.8 Å². The number of hydrogen-bond acceptors (Lipinski definition) is 6. The van der Waals surface area contributed by atoms with Crippen LogP contribution >= 0.6 is 0 Å². The molecule has 0 aliphatic carbocycles. The summed E-state index contributed by atoms with van der Waals surface area (Å²) in [5, 5.41) is 47.2. The van der Waals surface area contributed by atoms with Crippen molar-refractivity contribution < 1.29 is 59.4 Å². The Kier molecular flexibility index (Phi) is 32.3. The molecule has 0 bridgehead atoms. The van der Waals surface area contributed by atoms with Crippen LogP contribution in [-0.2, 0) is 28.8 Å². The molecular weight excluding hydrogens is 382 g/mol. The van der Waals surface area contributed by atoms with Crippen LogP contribution in [0, 0.1) is 0 Å². The first-order valence-electron chi connectivity index (χ1n) is 5.89. The van der Waals surface area contributed by atoms with Crippen molar-refractivity contribution in [3.8, 4) is 0 Å². The van der Waals surface area contributed by atoms with Gasteiger partial charge in [-0.05, 0) is 0 Å². The molecule has 0 fully saturated rings.